The van der Waals surface area contributed by atoms with Crippen molar-refractivity contribution in [1.82, 2.24) is 46.9 Å². The lowest BCUT2D eigenvalue weighted by molar-refractivity contribution is -0.136. The number of amides is 8. The SMILES string of the molecule is CCC1Cc2cn(nn2)CCCC[C@@H](C(N)=O)NC(=O)[C@H](CCCCN)NC(=O)[C@H](CC(N)=O)NC(=O)[C@H](Cc2ccc(O)cc2)NC(=O)[C@H](CO)NC(=O)[C@H](CCCN=C(N)N)NC1=O. The average Bonchev–Trinajstić information content (AvgIpc) is 3.72. The van der Waals surface area contributed by atoms with Crippen molar-refractivity contribution in [3.8, 4) is 5.75 Å². The number of hydrogen-bond donors (Lipinski definition) is 13. The Bertz CT molecular complexity index is 1990. The van der Waals surface area contributed by atoms with E-state index in [0.29, 0.717) is 49.9 Å². The Morgan fingerprint density at radius 3 is 1.95 bits per heavy atom. The van der Waals surface area contributed by atoms with Gasteiger partial charge in [0.1, 0.15) is 42.0 Å². The quantitative estimate of drug-likeness (QED) is 0.0454. The normalized spacial score (nSPS) is 23.4. The summed E-state index contributed by atoms with van der Waals surface area (Å²) in [5, 5.41) is 43.8. The molecule has 25 heteroatoms. The summed E-state index contributed by atoms with van der Waals surface area (Å²) in [7, 11) is 0. The second kappa shape index (κ2) is 27.4. The van der Waals surface area contributed by atoms with Crippen LogP contribution in [0.5, 0.6) is 5.75 Å². The number of nitrogens with one attached hydrogen (secondary N) is 6. The van der Waals surface area contributed by atoms with Crippen LogP contribution < -0.4 is 60.6 Å². The maximum absolute atomic E-state index is 14.1. The minimum Gasteiger partial charge on any atom is -0.508 e. The van der Waals surface area contributed by atoms with E-state index in [4.69, 9.17) is 28.7 Å². The van der Waals surface area contributed by atoms with Gasteiger partial charge in [-0.15, -0.1) is 5.10 Å². The molecule has 25 nitrogen and oxygen atoms in total. The number of aromatic nitrogens is 3. The highest BCUT2D eigenvalue weighted by Gasteiger charge is 2.34. The van der Waals surface area contributed by atoms with Crippen LogP contribution in [0.2, 0.25) is 0 Å². The second-order valence-electron chi connectivity index (χ2n) is 16.0. The smallest absolute Gasteiger partial charge is 0.245 e. The summed E-state index contributed by atoms with van der Waals surface area (Å²) in [6.07, 6.45) is 3.18. The number of aliphatic imine (C=N–C) groups is 1. The number of unbranched alkanes of at least 4 members (excludes halogenated alkanes) is 1. The molecular formula is C41H65N15O10. The molecule has 0 radical (unpaired) electrons. The Labute approximate surface area is 381 Å². The molecule has 7 atom stereocenters. The summed E-state index contributed by atoms with van der Waals surface area (Å²) in [4.78, 5) is 112. The van der Waals surface area contributed by atoms with Gasteiger partial charge in [0.25, 0.3) is 0 Å². The number of nitrogens with two attached hydrogens (primary N) is 5. The predicted molar refractivity (Wildman–Crippen MR) is 238 cm³/mol. The Morgan fingerprint density at radius 2 is 1.33 bits per heavy atom. The monoisotopic (exact) mass is 928 g/mol. The molecule has 66 heavy (non-hydrogen) atoms. The van der Waals surface area contributed by atoms with Crippen molar-refractivity contribution in [2.45, 2.75) is 127 Å². The minimum atomic E-state index is -1.70. The van der Waals surface area contributed by atoms with Crippen molar-refractivity contribution >= 4 is 53.2 Å². The van der Waals surface area contributed by atoms with Gasteiger partial charge >= 0.3 is 0 Å². The van der Waals surface area contributed by atoms with Gasteiger partial charge in [-0.1, -0.05) is 24.3 Å². The van der Waals surface area contributed by atoms with Gasteiger partial charge in [0, 0.05) is 38.0 Å². The standard InChI is InChI=1S/C41H65N15O10/c1-2-24-19-25-21-56(55-54-25)17-6-4-8-27(34(44)60)48-36(62)28(9-3-5-15-42)50-39(65)31(20-33(43)59)52-38(64)30(18-23-11-13-26(58)14-12-23)51-40(66)32(22-57)53-37(63)29(49-35(24)61)10-7-16-47-41(45)46/h11-14,21,24,27-32,57-58H,2-10,15-20,22,42H2,1H3,(H2,43,59)(H2,44,60)(H,48,62)(H,49,61)(H,50,65)(H,51,66)(H,52,64)(H,53,63)(H4,45,46,47)/t24?,27-,28-,29-,30-,31-,32-/m0/s1. The summed E-state index contributed by atoms with van der Waals surface area (Å²) >= 11 is 0. The first-order chi connectivity index (χ1) is 31.4. The first-order valence-corrected chi connectivity index (χ1v) is 21.9. The molecule has 8 amide bonds. The molecule has 1 aliphatic rings. The number of primary amides is 2. The van der Waals surface area contributed by atoms with Crippen LogP contribution in [0.15, 0.2) is 35.5 Å². The number of aryl methyl sites for hydroxylation is 1. The fraction of sp³-hybridized carbons (Fsp3) is 0.585. The molecule has 364 valence electrons. The molecule has 0 saturated heterocycles. The second-order valence-corrected chi connectivity index (χ2v) is 16.0. The van der Waals surface area contributed by atoms with Gasteiger partial charge in [-0.2, -0.15) is 0 Å². The summed E-state index contributed by atoms with van der Waals surface area (Å²) in [5.74, 6) is -8.05. The van der Waals surface area contributed by atoms with Gasteiger partial charge in [0.15, 0.2) is 5.96 Å². The van der Waals surface area contributed by atoms with E-state index in [1.54, 1.807) is 17.8 Å². The Balaban J connectivity index is 2.06. The zero-order valence-corrected chi connectivity index (χ0v) is 37.1. The van der Waals surface area contributed by atoms with Crippen LogP contribution in [0.25, 0.3) is 0 Å². The number of aliphatic hydroxyl groups excluding tert-OH is 1. The van der Waals surface area contributed by atoms with E-state index in [-0.39, 0.29) is 63.3 Å². The van der Waals surface area contributed by atoms with Gasteiger partial charge in [0.2, 0.25) is 47.3 Å². The van der Waals surface area contributed by atoms with Gasteiger partial charge in [-0.05, 0) is 82.0 Å². The van der Waals surface area contributed by atoms with Gasteiger partial charge in [-0.3, -0.25) is 48.0 Å². The lowest BCUT2D eigenvalue weighted by atomic mass is 9.98. The number of rotatable bonds is 15. The maximum Gasteiger partial charge on any atom is 0.245 e. The molecule has 1 aromatic heterocycles. The number of fused-ring (bicyclic) bond motifs is 2. The number of guanidine groups is 1. The summed E-state index contributed by atoms with van der Waals surface area (Å²) < 4.78 is 1.56. The molecule has 18 N–H and O–H groups in total. The topological polar surface area (TPSA) is 422 Å². The van der Waals surface area contributed by atoms with Crippen molar-refractivity contribution in [3.05, 3.63) is 41.7 Å². The zero-order chi connectivity index (χ0) is 48.8. The molecule has 2 aromatic rings. The number of carbonyl (C=O) groups excluding carboxylic acids is 8. The Kier molecular flexibility index (Phi) is 22.2. The summed E-state index contributed by atoms with van der Waals surface area (Å²) in [5.41, 5.74) is 28.6. The number of aliphatic hydroxyl groups is 1. The Hall–Kier alpha value is -6.89. The largest absolute Gasteiger partial charge is 0.508 e. The van der Waals surface area contributed by atoms with Crippen molar-refractivity contribution < 1.29 is 48.6 Å². The molecular weight excluding hydrogens is 863 g/mol. The molecule has 0 fully saturated rings. The number of benzene rings is 1. The van der Waals surface area contributed by atoms with Gasteiger partial charge < -0.3 is 70.8 Å². The van der Waals surface area contributed by atoms with E-state index in [2.05, 4.69) is 47.2 Å². The average molecular weight is 928 g/mol. The molecule has 0 spiro atoms. The number of nitrogens with zero attached hydrogens (tertiary/aromatic N) is 4. The van der Waals surface area contributed by atoms with E-state index in [9.17, 15) is 48.6 Å². The molecule has 3 rings (SSSR count). The van der Waals surface area contributed by atoms with Crippen LogP contribution in [-0.4, -0.2) is 134 Å². The van der Waals surface area contributed by atoms with E-state index >= 15 is 0 Å². The lowest BCUT2D eigenvalue weighted by Gasteiger charge is -2.27. The minimum absolute atomic E-state index is 0.00153. The third-order valence-electron chi connectivity index (χ3n) is 10.7. The van der Waals surface area contributed by atoms with E-state index in [1.165, 1.54) is 24.3 Å². The molecule has 2 heterocycles. The lowest BCUT2D eigenvalue weighted by Crippen LogP contribution is -2.61. The molecule has 0 aliphatic carbocycles. The first kappa shape index (κ1) is 53.4. The van der Waals surface area contributed by atoms with E-state index < -0.39 is 102 Å². The molecule has 2 bridgehead atoms. The highest BCUT2D eigenvalue weighted by Crippen LogP contribution is 2.15. The van der Waals surface area contributed by atoms with Crippen LogP contribution >= 0.6 is 0 Å². The number of phenols is 1. The van der Waals surface area contributed by atoms with Crippen LogP contribution in [0.3, 0.4) is 0 Å². The van der Waals surface area contributed by atoms with Crippen molar-refractivity contribution in [2.75, 3.05) is 19.7 Å². The number of carbonyl (C=O) groups is 8. The third kappa shape index (κ3) is 18.3. The first-order valence-electron chi connectivity index (χ1n) is 21.9. The van der Waals surface area contributed by atoms with Crippen molar-refractivity contribution in [3.63, 3.8) is 0 Å². The highest BCUT2D eigenvalue weighted by atomic mass is 16.3. The van der Waals surface area contributed by atoms with Gasteiger partial charge in [0.05, 0.1) is 18.7 Å². The molecule has 0 saturated carbocycles. The Morgan fingerprint density at radius 1 is 0.758 bits per heavy atom. The fourth-order valence-electron chi connectivity index (χ4n) is 6.99. The van der Waals surface area contributed by atoms with Crippen LogP contribution in [-0.2, 0) is 57.7 Å². The summed E-state index contributed by atoms with van der Waals surface area (Å²) in [6, 6.07) is -3.08. The van der Waals surface area contributed by atoms with Crippen molar-refractivity contribution in [1.29, 1.82) is 0 Å². The molecule has 1 unspecified atom stereocenters. The molecule has 1 aliphatic heterocycles. The predicted octanol–water partition coefficient (Wildman–Crippen LogP) is -4.58. The van der Waals surface area contributed by atoms with E-state index in [0.717, 1.165) is 0 Å². The van der Waals surface area contributed by atoms with Crippen LogP contribution in [0, 0.1) is 5.92 Å². The number of hydrogen-bond acceptors (Lipinski definition) is 14. The highest BCUT2D eigenvalue weighted by molar-refractivity contribution is 5.98. The zero-order valence-electron chi connectivity index (χ0n) is 37.1. The molecule has 1 aromatic carbocycles. The van der Waals surface area contributed by atoms with Crippen LogP contribution in [0.4, 0.5) is 0 Å². The number of aromatic hydroxyl groups is 1. The summed E-state index contributed by atoms with van der Waals surface area (Å²) in [6.45, 7) is 1.53. The number of phenolic OH excluding ortho intramolecular Hbond substituents is 1. The fourth-order valence-corrected chi connectivity index (χ4v) is 6.99. The third-order valence-corrected chi connectivity index (χ3v) is 10.7. The van der Waals surface area contributed by atoms with Crippen molar-refractivity contribution in [2.24, 2.45) is 39.6 Å². The van der Waals surface area contributed by atoms with E-state index in [1.807, 2.05) is 0 Å². The van der Waals surface area contributed by atoms with Crippen LogP contribution in [0.1, 0.15) is 82.4 Å². The van der Waals surface area contributed by atoms with Gasteiger partial charge in [-0.25, -0.2) is 0 Å². The maximum atomic E-state index is 14.1.